The summed E-state index contributed by atoms with van der Waals surface area (Å²) in [5, 5.41) is 5.89. The van der Waals surface area contributed by atoms with Gasteiger partial charge >= 0.3 is 0 Å². The van der Waals surface area contributed by atoms with Crippen LogP contribution in [0.15, 0.2) is 36.7 Å². The molecule has 1 aromatic carbocycles. The molecule has 0 bridgehead atoms. The van der Waals surface area contributed by atoms with E-state index in [2.05, 4.69) is 20.6 Å². The van der Waals surface area contributed by atoms with Gasteiger partial charge in [0.2, 0.25) is 0 Å². The highest BCUT2D eigenvalue weighted by Crippen LogP contribution is 2.10. The minimum atomic E-state index is -0.323. The summed E-state index contributed by atoms with van der Waals surface area (Å²) in [6, 6.07) is 6.52. The molecule has 0 aliphatic heterocycles. The molecule has 0 spiro atoms. The molecule has 2 aromatic rings. The Hall–Kier alpha value is -2.50. The van der Waals surface area contributed by atoms with Crippen molar-refractivity contribution < 1.29 is 9.18 Å². The molecular weight excluding hydrogens is 295 g/mol. The topological polar surface area (TPSA) is 66.9 Å². The molecule has 2 N–H and O–H groups in total. The van der Waals surface area contributed by atoms with E-state index in [0.29, 0.717) is 24.3 Å². The Morgan fingerprint density at radius 2 is 1.91 bits per heavy atom. The molecule has 6 heteroatoms. The number of carbonyl (C=O) groups excluding carboxylic acids is 1. The van der Waals surface area contributed by atoms with E-state index in [1.165, 1.54) is 18.5 Å². The van der Waals surface area contributed by atoms with Crippen molar-refractivity contribution in [2.75, 3.05) is 11.9 Å². The Balaban J connectivity index is 1.87. The van der Waals surface area contributed by atoms with Gasteiger partial charge in [-0.2, -0.15) is 0 Å². The Morgan fingerprint density at radius 3 is 2.52 bits per heavy atom. The third kappa shape index (κ3) is 5.32. The quantitative estimate of drug-likeness (QED) is 0.890. The number of amides is 1. The fourth-order valence-corrected chi connectivity index (χ4v) is 2.00. The van der Waals surface area contributed by atoms with Crippen LogP contribution in [0.1, 0.15) is 36.8 Å². The van der Waals surface area contributed by atoms with Crippen molar-refractivity contribution in [2.45, 2.75) is 32.7 Å². The van der Waals surface area contributed by atoms with Gasteiger partial charge in [0.1, 0.15) is 17.3 Å². The number of rotatable bonds is 5. The van der Waals surface area contributed by atoms with Gasteiger partial charge < -0.3 is 10.6 Å². The molecule has 2 rings (SSSR count). The summed E-state index contributed by atoms with van der Waals surface area (Å²) in [5.74, 6) is 0.0238. The van der Waals surface area contributed by atoms with Gasteiger partial charge in [0.25, 0.3) is 5.91 Å². The van der Waals surface area contributed by atoms with Crippen LogP contribution in [0.5, 0.6) is 0 Å². The summed E-state index contributed by atoms with van der Waals surface area (Å²) in [5.41, 5.74) is 0.680. The lowest BCUT2D eigenvalue weighted by Crippen LogP contribution is -2.28. The van der Waals surface area contributed by atoms with E-state index in [-0.39, 0.29) is 23.0 Å². The summed E-state index contributed by atoms with van der Waals surface area (Å²) < 4.78 is 13.5. The van der Waals surface area contributed by atoms with E-state index in [1.54, 1.807) is 18.2 Å². The number of nitrogens with one attached hydrogen (secondary N) is 2. The Labute approximate surface area is 135 Å². The van der Waals surface area contributed by atoms with Crippen molar-refractivity contribution in [1.29, 1.82) is 0 Å². The highest BCUT2D eigenvalue weighted by atomic mass is 19.1. The van der Waals surface area contributed by atoms with Gasteiger partial charge in [0.05, 0.1) is 12.4 Å². The van der Waals surface area contributed by atoms with E-state index in [4.69, 9.17) is 0 Å². The molecule has 0 saturated carbocycles. The van der Waals surface area contributed by atoms with Crippen LogP contribution in [0, 0.1) is 5.82 Å². The molecule has 0 radical (unpaired) electrons. The smallest absolute Gasteiger partial charge is 0.271 e. The maximum absolute atomic E-state index is 13.5. The van der Waals surface area contributed by atoms with Crippen LogP contribution in [-0.4, -0.2) is 28.0 Å². The number of carbonyl (C=O) groups is 1. The van der Waals surface area contributed by atoms with Crippen molar-refractivity contribution >= 4 is 11.7 Å². The first kappa shape index (κ1) is 16.9. The lowest BCUT2D eigenvalue weighted by Gasteiger charge is -2.20. The molecule has 1 amide bonds. The highest BCUT2D eigenvalue weighted by molar-refractivity contribution is 5.91. The molecule has 1 heterocycles. The lowest BCUT2D eigenvalue weighted by atomic mass is 10.1. The third-order valence-electron chi connectivity index (χ3n) is 3.03. The fourth-order valence-electron chi connectivity index (χ4n) is 2.00. The van der Waals surface area contributed by atoms with Gasteiger partial charge in [0.15, 0.2) is 0 Å². The van der Waals surface area contributed by atoms with E-state index >= 15 is 0 Å². The Morgan fingerprint density at radius 1 is 1.17 bits per heavy atom. The summed E-state index contributed by atoms with van der Waals surface area (Å²) >= 11 is 0. The molecule has 0 atom stereocenters. The van der Waals surface area contributed by atoms with Gasteiger partial charge in [-0.05, 0) is 38.8 Å². The van der Waals surface area contributed by atoms with Crippen LogP contribution in [0.3, 0.4) is 0 Å². The predicted octanol–water partition coefficient (Wildman–Crippen LogP) is 2.80. The first-order chi connectivity index (χ1) is 10.8. The van der Waals surface area contributed by atoms with Crippen molar-refractivity contribution in [1.82, 2.24) is 15.3 Å². The van der Waals surface area contributed by atoms with Gasteiger partial charge in [-0.25, -0.2) is 14.4 Å². The maximum atomic E-state index is 13.5. The lowest BCUT2D eigenvalue weighted by molar-refractivity contribution is 0.0948. The Kier molecular flexibility index (Phi) is 5.26. The zero-order valence-corrected chi connectivity index (χ0v) is 13.6. The normalized spacial score (nSPS) is 11.1. The van der Waals surface area contributed by atoms with Crippen LogP contribution >= 0.6 is 0 Å². The molecule has 0 aliphatic rings. The molecule has 0 fully saturated rings. The predicted molar refractivity (Wildman–Crippen MR) is 87.8 cm³/mol. The zero-order chi connectivity index (χ0) is 16.9. The number of aromatic nitrogens is 2. The number of hydrogen-bond donors (Lipinski definition) is 2. The first-order valence-electron chi connectivity index (χ1n) is 7.47. The number of nitrogens with zero attached hydrogens (tertiary/aromatic N) is 2. The molecule has 122 valence electrons. The molecule has 0 unspecified atom stereocenters. The second-order valence-corrected chi connectivity index (χ2v) is 6.26. The largest absolute Gasteiger partial charge is 0.364 e. The van der Waals surface area contributed by atoms with Gasteiger partial charge in [-0.3, -0.25) is 4.79 Å². The van der Waals surface area contributed by atoms with Crippen LogP contribution in [0.4, 0.5) is 10.2 Å². The molecule has 0 aliphatic carbocycles. The summed E-state index contributed by atoms with van der Waals surface area (Å²) in [4.78, 5) is 20.3. The van der Waals surface area contributed by atoms with E-state index < -0.39 is 0 Å². The highest BCUT2D eigenvalue weighted by Gasteiger charge is 2.12. The van der Waals surface area contributed by atoms with Crippen LogP contribution in [0.25, 0.3) is 0 Å². The van der Waals surface area contributed by atoms with E-state index in [9.17, 15) is 9.18 Å². The number of anilines is 1. The molecule has 23 heavy (non-hydrogen) atoms. The average Bonchev–Trinajstić information content (AvgIpc) is 2.48. The van der Waals surface area contributed by atoms with E-state index in [0.717, 1.165) is 0 Å². The number of halogens is 1. The standard InChI is InChI=1S/C17H21FN4O/c1-17(2,3)22-15-11-20-14(10-21-15)16(23)19-9-8-12-6-4-5-7-13(12)18/h4-7,10-11H,8-9H2,1-3H3,(H,19,23)(H,21,22). The SMILES string of the molecule is CC(C)(C)Nc1cnc(C(=O)NCCc2ccccc2F)cn1. The van der Waals surface area contributed by atoms with Crippen molar-refractivity contribution in [3.63, 3.8) is 0 Å². The molecule has 5 nitrogen and oxygen atoms in total. The summed E-state index contributed by atoms with van der Waals surface area (Å²) in [7, 11) is 0. The zero-order valence-electron chi connectivity index (χ0n) is 13.6. The second kappa shape index (κ2) is 7.17. The van der Waals surface area contributed by atoms with Crippen LogP contribution in [0.2, 0.25) is 0 Å². The van der Waals surface area contributed by atoms with E-state index in [1.807, 2.05) is 20.8 Å². The Bertz CT molecular complexity index is 665. The van der Waals surface area contributed by atoms with Crippen molar-refractivity contribution in [2.24, 2.45) is 0 Å². The minimum Gasteiger partial charge on any atom is -0.364 e. The maximum Gasteiger partial charge on any atom is 0.271 e. The fraction of sp³-hybridized carbons (Fsp3) is 0.353. The third-order valence-corrected chi connectivity index (χ3v) is 3.03. The molecular formula is C17H21FN4O. The minimum absolute atomic E-state index is 0.127. The monoisotopic (exact) mass is 316 g/mol. The summed E-state index contributed by atoms with van der Waals surface area (Å²) in [6.07, 6.45) is 3.37. The molecule has 0 saturated heterocycles. The number of hydrogen-bond acceptors (Lipinski definition) is 4. The summed E-state index contributed by atoms with van der Waals surface area (Å²) in [6.45, 7) is 6.37. The average molecular weight is 316 g/mol. The van der Waals surface area contributed by atoms with Crippen LogP contribution in [-0.2, 0) is 6.42 Å². The second-order valence-electron chi connectivity index (χ2n) is 6.26. The molecule has 1 aromatic heterocycles. The van der Waals surface area contributed by atoms with Gasteiger partial charge in [-0.1, -0.05) is 18.2 Å². The van der Waals surface area contributed by atoms with Crippen molar-refractivity contribution in [3.05, 3.63) is 53.7 Å². The first-order valence-corrected chi connectivity index (χ1v) is 7.47. The van der Waals surface area contributed by atoms with Gasteiger partial charge in [0, 0.05) is 12.1 Å². The van der Waals surface area contributed by atoms with Gasteiger partial charge in [-0.15, -0.1) is 0 Å². The van der Waals surface area contributed by atoms with Crippen molar-refractivity contribution in [3.8, 4) is 0 Å². The number of benzene rings is 1. The van der Waals surface area contributed by atoms with Crippen LogP contribution < -0.4 is 10.6 Å².